The maximum absolute atomic E-state index is 12.1. The average molecular weight is 249 g/mol. The number of phenolic OH excluding ortho intramolecular Hbond substituents is 1. The fourth-order valence-electron chi connectivity index (χ4n) is 2.36. The summed E-state index contributed by atoms with van der Waals surface area (Å²) in [4.78, 5) is 14.2. The Morgan fingerprint density at radius 3 is 2.39 bits per heavy atom. The highest BCUT2D eigenvalue weighted by Gasteiger charge is 2.23. The number of Topliss-reactive ketones (excluding diaryl/α,β-unsaturated/α-hetero) is 1. The molecule has 1 aromatic rings. The topological polar surface area (TPSA) is 49.8 Å². The van der Waals surface area contributed by atoms with Gasteiger partial charge in [0.05, 0.1) is 18.8 Å². The quantitative estimate of drug-likeness (QED) is 0.828. The molecule has 0 bridgehead atoms. The Morgan fingerprint density at radius 1 is 1.28 bits per heavy atom. The van der Waals surface area contributed by atoms with Crippen molar-refractivity contribution in [3.8, 4) is 5.75 Å². The standard InChI is InChI=1S/C14H19NO3/c1-10-7-15(8-11(2)18-10)9-14(17)12-3-5-13(16)6-4-12/h3-6,10-11,16H,7-9H2,1-2H3/t10-,11+. The molecule has 0 unspecified atom stereocenters. The zero-order chi connectivity index (χ0) is 13.1. The summed E-state index contributed by atoms with van der Waals surface area (Å²) in [6.45, 7) is 6.02. The molecule has 4 nitrogen and oxygen atoms in total. The first-order chi connectivity index (χ1) is 8.54. The van der Waals surface area contributed by atoms with Crippen LogP contribution in [0.25, 0.3) is 0 Å². The molecular formula is C14H19NO3. The van der Waals surface area contributed by atoms with Crippen molar-refractivity contribution in [2.45, 2.75) is 26.1 Å². The minimum Gasteiger partial charge on any atom is -0.508 e. The molecule has 1 aliphatic rings. The Balaban J connectivity index is 1.96. The fourth-order valence-corrected chi connectivity index (χ4v) is 2.36. The normalized spacial score (nSPS) is 25.0. The van der Waals surface area contributed by atoms with Gasteiger partial charge in [-0.3, -0.25) is 9.69 Å². The molecule has 4 heteroatoms. The molecule has 0 amide bonds. The lowest BCUT2D eigenvalue weighted by molar-refractivity contribution is -0.0652. The van der Waals surface area contributed by atoms with Crippen LogP contribution in [0.5, 0.6) is 5.75 Å². The van der Waals surface area contributed by atoms with E-state index in [2.05, 4.69) is 4.90 Å². The van der Waals surface area contributed by atoms with Gasteiger partial charge in [0, 0.05) is 18.7 Å². The molecule has 0 radical (unpaired) electrons. The van der Waals surface area contributed by atoms with Gasteiger partial charge >= 0.3 is 0 Å². The third-order valence-electron chi connectivity index (χ3n) is 3.05. The summed E-state index contributed by atoms with van der Waals surface area (Å²) >= 11 is 0. The van der Waals surface area contributed by atoms with Crippen LogP contribution >= 0.6 is 0 Å². The second kappa shape index (κ2) is 5.50. The molecule has 1 fully saturated rings. The largest absolute Gasteiger partial charge is 0.508 e. The highest BCUT2D eigenvalue weighted by atomic mass is 16.5. The molecule has 0 aliphatic carbocycles. The van der Waals surface area contributed by atoms with Crippen molar-refractivity contribution < 1.29 is 14.6 Å². The van der Waals surface area contributed by atoms with Crippen molar-refractivity contribution >= 4 is 5.78 Å². The van der Waals surface area contributed by atoms with Gasteiger partial charge in [0.25, 0.3) is 0 Å². The molecule has 0 spiro atoms. The number of morpholine rings is 1. The first-order valence-corrected chi connectivity index (χ1v) is 6.24. The summed E-state index contributed by atoms with van der Waals surface area (Å²) in [7, 11) is 0. The van der Waals surface area contributed by atoms with Gasteiger partial charge in [0.15, 0.2) is 5.78 Å². The fraction of sp³-hybridized carbons (Fsp3) is 0.500. The number of benzene rings is 1. The number of nitrogens with zero attached hydrogens (tertiary/aromatic N) is 1. The smallest absolute Gasteiger partial charge is 0.176 e. The van der Waals surface area contributed by atoms with Gasteiger partial charge in [-0.15, -0.1) is 0 Å². The lowest BCUT2D eigenvalue weighted by atomic mass is 10.1. The Labute approximate surface area is 107 Å². The molecule has 18 heavy (non-hydrogen) atoms. The average Bonchev–Trinajstić information content (AvgIpc) is 2.28. The molecule has 0 aromatic heterocycles. The van der Waals surface area contributed by atoms with Crippen LogP contribution in [0.4, 0.5) is 0 Å². The van der Waals surface area contributed by atoms with Gasteiger partial charge in [-0.05, 0) is 38.1 Å². The zero-order valence-corrected chi connectivity index (χ0v) is 10.8. The van der Waals surface area contributed by atoms with E-state index in [9.17, 15) is 9.90 Å². The molecule has 1 saturated heterocycles. The summed E-state index contributed by atoms with van der Waals surface area (Å²) in [6, 6.07) is 6.39. The minimum atomic E-state index is 0.0799. The molecule has 1 heterocycles. The molecule has 1 aliphatic heterocycles. The molecule has 1 aromatic carbocycles. The molecule has 0 saturated carbocycles. The Kier molecular flexibility index (Phi) is 3.99. The van der Waals surface area contributed by atoms with E-state index in [0.29, 0.717) is 12.1 Å². The van der Waals surface area contributed by atoms with Crippen molar-refractivity contribution in [2.24, 2.45) is 0 Å². The molecule has 2 rings (SSSR count). The van der Waals surface area contributed by atoms with E-state index in [0.717, 1.165) is 13.1 Å². The molecule has 1 N–H and O–H groups in total. The molecular weight excluding hydrogens is 230 g/mol. The number of hydrogen-bond acceptors (Lipinski definition) is 4. The van der Waals surface area contributed by atoms with Crippen LogP contribution in [0.15, 0.2) is 24.3 Å². The first kappa shape index (κ1) is 13.1. The highest BCUT2D eigenvalue weighted by Crippen LogP contribution is 2.13. The summed E-state index contributed by atoms with van der Waals surface area (Å²) in [5.74, 6) is 0.261. The lowest BCUT2D eigenvalue weighted by Gasteiger charge is -2.34. The van der Waals surface area contributed by atoms with E-state index in [-0.39, 0.29) is 23.7 Å². The number of hydrogen-bond donors (Lipinski definition) is 1. The number of aromatic hydroxyl groups is 1. The van der Waals surface area contributed by atoms with Crippen molar-refractivity contribution in [1.82, 2.24) is 4.90 Å². The van der Waals surface area contributed by atoms with Crippen LogP contribution in [0.3, 0.4) is 0 Å². The van der Waals surface area contributed by atoms with Gasteiger partial charge in [0.2, 0.25) is 0 Å². The SMILES string of the molecule is C[C@@H]1CN(CC(=O)c2ccc(O)cc2)C[C@H](C)O1. The van der Waals surface area contributed by atoms with Crippen LogP contribution in [0.1, 0.15) is 24.2 Å². The zero-order valence-electron chi connectivity index (χ0n) is 10.8. The van der Waals surface area contributed by atoms with Crippen molar-refractivity contribution in [3.63, 3.8) is 0 Å². The van der Waals surface area contributed by atoms with E-state index < -0.39 is 0 Å². The predicted octanol–water partition coefficient (Wildman–Crippen LogP) is 1.68. The molecule has 2 atom stereocenters. The van der Waals surface area contributed by atoms with E-state index >= 15 is 0 Å². The lowest BCUT2D eigenvalue weighted by Crippen LogP contribution is -2.47. The number of ether oxygens (including phenoxy) is 1. The Bertz CT molecular complexity index is 406. The van der Waals surface area contributed by atoms with Crippen molar-refractivity contribution in [1.29, 1.82) is 0 Å². The summed E-state index contributed by atoms with van der Waals surface area (Å²) in [5.41, 5.74) is 0.639. The second-order valence-electron chi connectivity index (χ2n) is 4.92. The van der Waals surface area contributed by atoms with Crippen molar-refractivity contribution in [2.75, 3.05) is 19.6 Å². The number of carbonyl (C=O) groups excluding carboxylic acids is 1. The summed E-state index contributed by atoms with van der Waals surface area (Å²) in [5, 5.41) is 9.19. The van der Waals surface area contributed by atoms with Gasteiger partial charge in [-0.2, -0.15) is 0 Å². The van der Waals surface area contributed by atoms with E-state index in [1.54, 1.807) is 12.1 Å². The molecule has 98 valence electrons. The van der Waals surface area contributed by atoms with Crippen LogP contribution < -0.4 is 0 Å². The van der Waals surface area contributed by atoms with E-state index in [1.165, 1.54) is 12.1 Å². The van der Waals surface area contributed by atoms with Gasteiger partial charge in [0.1, 0.15) is 5.75 Å². The number of carbonyl (C=O) groups is 1. The third kappa shape index (κ3) is 3.31. The predicted molar refractivity (Wildman–Crippen MR) is 68.9 cm³/mol. The van der Waals surface area contributed by atoms with Crippen LogP contribution in [-0.4, -0.2) is 47.6 Å². The second-order valence-corrected chi connectivity index (χ2v) is 4.92. The maximum atomic E-state index is 12.1. The number of phenols is 1. The van der Waals surface area contributed by atoms with Crippen LogP contribution in [0.2, 0.25) is 0 Å². The maximum Gasteiger partial charge on any atom is 0.176 e. The van der Waals surface area contributed by atoms with E-state index in [1.807, 2.05) is 13.8 Å². The number of rotatable bonds is 3. The van der Waals surface area contributed by atoms with Crippen LogP contribution in [-0.2, 0) is 4.74 Å². The Hall–Kier alpha value is -1.39. The highest BCUT2D eigenvalue weighted by molar-refractivity contribution is 5.97. The van der Waals surface area contributed by atoms with Gasteiger partial charge in [-0.1, -0.05) is 0 Å². The summed E-state index contributed by atoms with van der Waals surface area (Å²) in [6.07, 6.45) is 0.336. The summed E-state index contributed by atoms with van der Waals surface area (Å²) < 4.78 is 5.63. The van der Waals surface area contributed by atoms with Gasteiger partial charge < -0.3 is 9.84 Å². The van der Waals surface area contributed by atoms with Crippen LogP contribution in [0, 0.1) is 0 Å². The minimum absolute atomic E-state index is 0.0799. The Morgan fingerprint density at radius 2 is 1.83 bits per heavy atom. The van der Waals surface area contributed by atoms with E-state index in [4.69, 9.17) is 4.74 Å². The number of ketones is 1. The third-order valence-corrected chi connectivity index (χ3v) is 3.05. The first-order valence-electron chi connectivity index (χ1n) is 6.24. The monoisotopic (exact) mass is 249 g/mol. The van der Waals surface area contributed by atoms with Gasteiger partial charge in [-0.25, -0.2) is 0 Å². The van der Waals surface area contributed by atoms with Crippen molar-refractivity contribution in [3.05, 3.63) is 29.8 Å².